The Labute approximate surface area is 127 Å². The highest BCUT2D eigenvalue weighted by atomic mass is 32.2. The lowest BCUT2D eigenvalue weighted by molar-refractivity contribution is 0.569. The van der Waals surface area contributed by atoms with Crippen molar-refractivity contribution in [2.24, 2.45) is 5.73 Å². The van der Waals surface area contributed by atoms with E-state index in [1.165, 1.54) is 23.5 Å². The fourth-order valence-electron chi connectivity index (χ4n) is 1.66. The Morgan fingerprint density at radius 3 is 2.67 bits per heavy atom. The first kappa shape index (κ1) is 15.9. The molecule has 3 N–H and O–H groups in total. The molecule has 0 spiro atoms. The zero-order valence-electron chi connectivity index (χ0n) is 11.6. The summed E-state index contributed by atoms with van der Waals surface area (Å²) in [5.74, 6) is -0.633. The Balaban J connectivity index is 2.29. The van der Waals surface area contributed by atoms with Crippen LogP contribution in [0.25, 0.3) is 0 Å². The minimum absolute atomic E-state index is 0.148. The van der Waals surface area contributed by atoms with Crippen LogP contribution in [0.1, 0.15) is 31.0 Å². The van der Waals surface area contributed by atoms with Crippen LogP contribution in [0.15, 0.2) is 28.5 Å². The van der Waals surface area contributed by atoms with Crippen molar-refractivity contribution >= 4 is 26.5 Å². The lowest BCUT2D eigenvalue weighted by atomic mass is 10.2. The SMILES string of the molecule is CC(C)c1csc(NS(=O)(=O)c2ccc(CN)cc2F)n1. The van der Waals surface area contributed by atoms with Crippen molar-refractivity contribution in [2.75, 3.05) is 4.72 Å². The van der Waals surface area contributed by atoms with E-state index < -0.39 is 20.7 Å². The smallest absolute Gasteiger partial charge is 0.266 e. The maximum Gasteiger partial charge on any atom is 0.266 e. The molecule has 0 radical (unpaired) electrons. The molecule has 21 heavy (non-hydrogen) atoms. The van der Waals surface area contributed by atoms with Gasteiger partial charge in [-0.25, -0.2) is 17.8 Å². The third-order valence-corrected chi connectivity index (χ3v) is 5.13. The number of aromatic nitrogens is 1. The standard InChI is InChI=1S/C13H16FN3O2S2/c1-8(2)11-7-20-13(16-11)17-21(18,19)12-4-3-9(6-15)5-10(12)14/h3-5,7-8H,6,15H2,1-2H3,(H,16,17). The Morgan fingerprint density at radius 2 is 2.14 bits per heavy atom. The van der Waals surface area contributed by atoms with Gasteiger partial charge in [-0.05, 0) is 23.6 Å². The van der Waals surface area contributed by atoms with E-state index >= 15 is 0 Å². The molecule has 2 aromatic rings. The van der Waals surface area contributed by atoms with Crippen molar-refractivity contribution in [3.05, 3.63) is 40.7 Å². The molecule has 0 saturated carbocycles. The molecule has 0 unspecified atom stereocenters. The van der Waals surface area contributed by atoms with Crippen LogP contribution in [-0.4, -0.2) is 13.4 Å². The van der Waals surface area contributed by atoms with E-state index in [-0.39, 0.29) is 17.6 Å². The van der Waals surface area contributed by atoms with Gasteiger partial charge in [-0.1, -0.05) is 19.9 Å². The number of rotatable bonds is 5. The fourth-order valence-corrected chi connectivity index (χ4v) is 3.84. The van der Waals surface area contributed by atoms with Crippen molar-refractivity contribution in [1.82, 2.24) is 4.98 Å². The second-order valence-corrected chi connectivity index (χ2v) is 7.32. The average molecular weight is 329 g/mol. The van der Waals surface area contributed by atoms with Gasteiger partial charge in [0.05, 0.1) is 5.69 Å². The summed E-state index contributed by atoms with van der Waals surface area (Å²) >= 11 is 1.17. The molecular formula is C13H16FN3O2S2. The second-order valence-electron chi connectivity index (χ2n) is 4.81. The largest absolute Gasteiger partial charge is 0.326 e. The van der Waals surface area contributed by atoms with Gasteiger partial charge < -0.3 is 5.73 Å². The molecule has 8 heteroatoms. The summed E-state index contributed by atoms with van der Waals surface area (Å²) in [5.41, 5.74) is 6.71. The lowest BCUT2D eigenvalue weighted by Crippen LogP contribution is -2.15. The summed E-state index contributed by atoms with van der Waals surface area (Å²) < 4.78 is 40.5. The fraction of sp³-hybridized carbons (Fsp3) is 0.308. The molecule has 0 saturated heterocycles. The number of hydrogen-bond donors (Lipinski definition) is 2. The number of thiazole rings is 1. The number of sulfonamides is 1. The van der Waals surface area contributed by atoms with Crippen molar-refractivity contribution in [2.45, 2.75) is 31.2 Å². The first-order valence-corrected chi connectivity index (χ1v) is 8.66. The zero-order chi connectivity index (χ0) is 15.6. The topological polar surface area (TPSA) is 85.1 Å². The summed E-state index contributed by atoms with van der Waals surface area (Å²) in [6.07, 6.45) is 0. The Bertz CT molecular complexity index is 742. The molecule has 1 aromatic carbocycles. The highest BCUT2D eigenvalue weighted by molar-refractivity contribution is 7.93. The molecule has 5 nitrogen and oxygen atoms in total. The van der Waals surface area contributed by atoms with Gasteiger partial charge in [-0.3, -0.25) is 4.72 Å². The van der Waals surface area contributed by atoms with Gasteiger partial charge in [0.25, 0.3) is 10.0 Å². The van der Waals surface area contributed by atoms with Crippen molar-refractivity contribution in [1.29, 1.82) is 0 Å². The number of hydrogen-bond acceptors (Lipinski definition) is 5. The Kier molecular flexibility index (Phi) is 4.60. The maximum absolute atomic E-state index is 13.9. The molecule has 1 heterocycles. The van der Waals surface area contributed by atoms with Crippen LogP contribution in [0.3, 0.4) is 0 Å². The maximum atomic E-state index is 13.9. The average Bonchev–Trinajstić information content (AvgIpc) is 2.86. The van der Waals surface area contributed by atoms with Crippen molar-refractivity contribution in [3.63, 3.8) is 0 Å². The molecule has 0 amide bonds. The van der Waals surface area contributed by atoms with E-state index in [9.17, 15) is 12.8 Å². The summed E-state index contributed by atoms with van der Waals surface area (Å²) in [5, 5.41) is 2.00. The van der Waals surface area contributed by atoms with Crippen LogP contribution in [-0.2, 0) is 16.6 Å². The molecule has 0 aliphatic heterocycles. The molecule has 114 valence electrons. The second kappa shape index (κ2) is 6.08. The molecule has 1 aromatic heterocycles. The highest BCUT2D eigenvalue weighted by Gasteiger charge is 2.21. The molecule has 0 aliphatic carbocycles. The van der Waals surface area contributed by atoms with Crippen LogP contribution in [0.2, 0.25) is 0 Å². The van der Waals surface area contributed by atoms with Gasteiger partial charge in [0.1, 0.15) is 10.7 Å². The van der Waals surface area contributed by atoms with E-state index in [4.69, 9.17) is 5.73 Å². The molecule has 0 fully saturated rings. The van der Waals surface area contributed by atoms with Crippen molar-refractivity contribution < 1.29 is 12.8 Å². The number of anilines is 1. The molecule has 0 bridgehead atoms. The Hall–Kier alpha value is -1.51. The van der Waals surface area contributed by atoms with Crippen LogP contribution < -0.4 is 10.5 Å². The predicted octanol–water partition coefficient (Wildman–Crippen LogP) is 2.67. The first-order chi connectivity index (χ1) is 9.83. The number of halogens is 1. The summed E-state index contributed by atoms with van der Waals surface area (Å²) in [4.78, 5) is 3.75. The molecule has 0 atom stereocenters. The zero-order valence-corrected chi connectivity index (χ0v) is 13.3. The molecular weight excluding hydrogens is 313 g/mol. The van der Waals surface area contributed by atoms with Crippen LogP contribution in [0, 0.1) is 5.82 Å². The monoisotopic (exact) mass is 329 g/mol. The minimum Gasteiger partial charge on any atom is -0.326 e. The summed E-state index contributed by atoms with van der Waals surface area (Å²) in [6.45, 7) is 4.06. The van der Waals surface area contributed by atoms with Crippen LogP contribution >= 0.6 is 11.3 Å². The quantitative estimate of drug-likeness (QED) is 0.883. The van der Waals surface area contributed by atoms with E-state index in [0.717, 1.165) is 11.8 Å². The van der Waals surface area contributed by atoms with Crippen molar-refractivity contribution in [3.8, 4) is 0 Å². The lowest BCUT2D eigenvalue weighted by Gasteiger charge is -2.07. The van der Waals surface area contributed by atoms with Gasteiger partial charge in [-0.2, -0.15) is 0 Å². The van der Waals surface area contributed by atoms with Gasteiger partial charge in [-0.15, -0.1) is 11.3 Å². The summed E-state index contributed by atoms with van der Waals surface area (Å²) in [7, 11) is -4.00. The minimum atomic E-state index is -4.00. The van der Waals surface area contributed by atoms with E-state index in [2.05, 4.69) is 9.71 Å². The van der Waals surface area contributed by atoms with Gasteiger partial charge >= 0.3 is 0 Å². The normalized spacial score (nSPS) is 11.9. The highest BCUT2D eigenvalue weighted by Crippen LogP contribution is 2.25. The predicted molar refractivity (Wildman–Crippen MR) is 81.3 cm³/mol. The molecule has 2 rings (SSSR count). The van der Waals surface area contributed by atoms with Crippen LogP contribution in [0.4, 0.5) is 9.52 Å². The summed E-state index contributed by atoms with van der Waals surface area (Å²) in [6, 6.07) is 3.81. The van der Waals surface area contributed by atoms with Crippen LogP contribution in [0.5, 0.6) is 0 Å². The van der Waals surface area contributed by atoms with E-state index in [1.54, 1.807) is 5.38 Å². The number of nitrogens with one attached hydrogen (secondary N) is 1. The first-order valence-electron chi connectivity index (χ1n) is 6.30. The third kappa shape index (κ3) is 3.58. The number of nitrogens with two attached hydrogens (primary N) is 1. The van der Waals surface area contributed by atoms with Gasteiger partial charge in [0.2, 0.25) is 0 Å². The number of nitrogens with zero attached hydrogens (tertiary/aromatic N) is 1. The van der Waals surface area contributed by atoms with Gasteiger partial charge in [0, 0.05) is 11.9 Å². The Morgan fingerprint density at radius 1 is 1.43 bits per heavy atom. The van der Waals surface area contributed by atoms with E-state index in [1.807, 2.05) is 13.8 Å². The third-order valence-electron chi connectivity index (χ3n) is 2.86. The van der Waals surface area contributed by atoms with Gasteiger partial charge in [0.15, 0.2) is 5.13 Å². The number of benzene rings is 1. The molecule has 0 aliphatic rings. The van der Waals surface area contributed by atoms with E-state index in [0.29, 0.717) is 5.56 Å².